The van der Waals surface area contributed by atoms with Gasteiger partial charge in [-0.05, 0) is 42.1 Å². The van der Waals surface area contributed by atoms with E-state index in [4.69, 9.17) is 0 Å². The number of hydrogen-bond donors (Lipinski definition) is 2. The van der Waals surface area contributed by atoms with Crippen molar-refractivity contribution < 1.29 is 5.11 Å². The van der Waals surface area contributed by atoms with E-state index in [0.29, 0.717) is 17.7 Å². The quantitative estimate of drug-likeness (QED) is 0.824. The monoisotopic (exact) mass is 271 g/mol. The zero-order valence-electron chi connectivity index (χ0n) is 9.16. The lowest BCUT2D eigenvalue weighted by atomic mass is 9.88. The highest BCUT2D eigenvalue weighted by molar-refractivity contribution is 8.93. The number of nitrogens with one attached hydrogen (secondary N) is 1. The highest BCUT2D eigenvalue weighted by Crippen LogP contribution is 2.30. The van der Waals surface area contributed by atoms with Gasteiger partial charge in [-0.2, -0.15) is 0 Å². The van der Waals surface area contributed by atoms with Crippen LogP contribution in [0.4, 0.5) is 0 Å². The third-order valence-electron chi connectivity index (χ3n) is 2.89. The molecule has 0 saturated carbocycles. The molecule has 2 N–H and O–H groups in total. The van der Waals surface area contributed by atoms with E-state index < -0.39 is 0 Å². The van der Waals surface area contributed by atoms with E-state index in [1.54, 1.807) is 6.07 Å². The average molecular weight is 272 g/mol. The first-order chi connectivity index (χ1) is 6.68. The number of phenols is 1. The van der Waals surface area contributed by atoms with E-state index in [9.17, 15) is 5.11 Å². The second-order valence-electron chi connectivity index (χ2n) is 4.31. The lowest BCUT2D eigenvalue weighted by Gasteiger charge is -2.29. The van der Waals surface area contributed by atoms with Gasteiger partial charge in [0.05, 0.1) is 0 Å². The van der Waals surface area contributed by atoms with Gasteiger partial charge in [0.1, 0.15) is 5.75 Å². The van der Waals surface area contributed by atoms with Crippen LogP contribution in [0.2, 0.25) is 0 Å². The fourth-order valence-corrected chi connectivity index (χ4v) is 2.18. The van der Waals surface area contributed by atoms with Gasteiger partial charge in [0.2, 0.25) is 0 Å². The summed E-state index contributed by atoms with van der Waals surface area (Å²) in [6.07, 6.45) is 1.02. The Morgan fingerprint density at radius 2 is 2.13 bits per heavy atom. The molecule has 0 saturated heterocycles. The number of phenolic OH excluding ortho intramolecular Hbond substituents is 1. The van der Waals surface area contributed by atoms with Crippen LogP contribution < -0.4 is 5.32 Å². The summed E-state index contributed by atoms with van der Waals surface area (Å²) in [7, 11) is 0. The van der Waals surface area contributed by atoms with Crippen LogP contribution in [0.25, 0.3) is 0 Å². The molecule has 0 aromatic heterocycles. The topological polar surface area (TPSA) is 32.3 Å². The fourth-order valence-electron chi connectivity index (χ4n) is 2.18. The highest BCUT2D eigenvalue weighted by atomic mass is 79.9. The molecule has 1 aromatic rings. The van der Waals surface area contributed by atoms with Crippen LogP contribution in [0.3, 0.4) is 0 Å². The van der Waals surface area contributed by atoms with Gasteiger partial charge in [-0.3, -0.25) is 0 Å². The third-order valence-corrected chi connectivity index (χ3v) is 2.89. The zero-order valence-corrected chi connectivity index (χ0v) is 10.9. The van der Waals surface area contributed by atoms with E-state index in [1.165, 1.54) is 11.1 Å². The molecule has 0 fully saturated rings. The normalized spacial score (nSPS) is 19.5. The lowest BCUT2D eigenvalue weighted by molar-refractivity contribution is 0.393. The van der Waals surface area contributed by atoms with Gasteiger partial charge in [-0.15, -0.1) is 17.0 Å². The van der Waals surface area contributed by atoms with Crippen molar-refractivity contribution in [2.45, 2.75) is 26.3 Å². The summed E-state index contributed by atoms with van der Waals surface area (Å²) in [6.45, 7) is 5.46. The number of aromatic hydroxyl groups is 1. The maximum atomic E-state index is 9.39. The smallest absolute Gasteiger partial charge is 0.115 e. The Morgan fingerprint density at radius 3 is 2.80 bits per heavy atom. The van der Waals surface area contributed by atoms with E-state index >= 15 is 0 Å². The second kappa shape index (κ2) is 4.99. The van der Waals surface area contributed by atoms with Gasteiger partial charge in [0.25, 0.3) is 0 Å². The van der Waals surface area contributed by atoms with Crippen molar-refractivity contribution in [2.75, 3.05) is 6.54 Å². The molecule has 1 aliphatic rings. The first-order valence-corrected chi connectivity index (χ1v) is 5.23. The van der Waals surface area contributed by atoms with E-state index in [1.807, 2.05) is 12.1 Å². The maximum Gasteiger partial charge on any atom is 0.115 e. The molecule has 0 radical (unpaired) electrons. The number of fused-ring (bicyclic) bond motifs is 1. The van der Waals surface area contributed by atoms with Crippen LogP contribution >= 0.6 is 17.0 Å². The molecule has 1 unspecified atom stereocenters. The van der Waals surface area contributed by atoms with Crippen molar-refractivity contribution in [3.8, 4) is 5.75 Å². The summed E-state index contributed by atoms with van der Waals surface area (Å²) in [6, 6.07) is 6.16. The van der Waals surface area contributed by atoms with E-state index in [2.05, 4.69) is 19.2 Å². The fraction of sp³-hybridized carbons (Fsp3) is 0.500. The molecule has 0 aliphatic carbocycles. The second-order valence-corrected chi connectivity index (χ2v) is 4.31. The minimum Gasteiger partial charge on any atom is -0.508 e. The van der Waals surface area contributed by atoms with Crippen LogP contribution in [-0.2, 0) is 6.42 Å². The van der Waals surface area contributed by atoms with Crippen LogP contribution in [0.5, 0.6) is 5.75 Å². The van der Waals surface area contributed by atoms with Crippen molar-refractivity contribution in [2.24, 2.45) is 5.92 Å². The molecule has 2 rings (SSSR count). The van der Waals surface area contributed by atoms with Crippen LogP contribution in [0.15, 0.2) is 18.2 Å². The molecular formula is C12H18BrNO. The Bertz CT molecular complexity index is 338. The summed E-state index contributed by atoms with van der Waals surface area (Å²) in [5, 5.41) is 12.9. The number of hydrogen-bond acceptors (Lipinski definition) is 2. The predicted octanol–water partition coefficient (Wildman–Crippen LogP) is 2.81. The van der Waals surface area contributed by atoms with Gasteiger partial charge in [0.15, 0.2) is 0 Å². The van der Waals surface area contributed by atoms with Crippen LogP contribution in [0, 0.1) is 5.92 Å². The van der Waals surface area contributed by atoms with Gasteiger partial charge >= 0.3 is 0 Å². The Morgan fingerprint density at radius 1 is 1.40 bits per heavy atom. The summed E-state index contributed by atoms with van der Waals surface area (Å²) in [5.41, 5.74) is 2.64. The van der Waals surface area contributed by atoms with E-state index in [0.717, 1.165) is 13.0 Å². The van der Waals surface area contributed by atoms with Gasteiger partial charge in [-0.25, -0.2) is 0 Å². The predicted molar refractivity (Wildman–Crippen MR) is 67.7 cm³/mol. The third kappa shape index (κ3) is 2.52. The Balaban J connectivity index is 0.00000112. The number of benzene rings is 1. The molecule has 1 aromatic carbocycles. The maximum absolute atomic E-state index is 9.39. The first kappa shape index (κ1) is 12.5. The molecule has 0 spiro atoms. The summed E-state index contributed by atoms with van der Waals surface area (Å²) < 4.78 is 0. The van der Waals surface area contributed by atoms with Crippen molar-refractivity contribution in [1.82, 2.24) is 5.32 Å². The molecule has 15 heavy (non-hydrogen) atoms. The van der Waals surface area contributed by atoms with Crippen molar-refractivity contribution in [3.05, 3.63) is 29.3 Å². The van der Waals surface area contributed by atoms with Crippen LogP contribution in [0.1, 0.15) is 31.0 Å². The van der Waals surface area contributed by atoms with Crippen molar-refractivity contribution >= 4 is 17.0 Å². The Labute approximate surface area is 101 Å². The molecule has 1 heterocycles. The van der Waals surface area contributed by atoms with E-state index in [-0.39, 0.29) is 17.0 Å². The lowest BCUT2D eigenvalue weighted by Crippen LogP contribution is -2.32. The molecule has 3 heteroatoms. The molecule has 0 amide bonds. The Hall–Kier alpha value is -0.540. The zero-order chi connectivity index (χ0) is 10.1. The molecule has 84 valence electrons. The Kier molecular flexibility index (Phi) is 4.17. The molecule has 1 aliphatic heterocycles. The summed E-state index contributed by atoms with van der Waals surface area (Å²) in [5.74, 6) is 0.978. The largest absolute Gasteiger partial charge is 0.508 e. The molecular weight excluding hydrogens is 254 g/mol. The average Bonchev–Trinajstić information content (AvgIpc) is 2.16. The van der Waals surface area contributed by atoms with Gasteiger partial charge < -0.3 is 10.4 Å². The van der Waals surface area contributed by atoms with Crippen LogP contribution in [-0.4, -0.2) is 11.7 Å². The van der Waals surface area contributed by atoms with Crippen molar-refractivity contribution in [3.63, 3.8) is 0 Å². The summed E-state index contributed by atoms with van der Waals surface area (Å²) in [4.78, 5) is 0. The minimum atomic E-state index is 0. The molecule has 2 nitrogen and oxygen atoms in total. The number of rotatable bonds is 1. The minimum absolute atomic E-state index is 0. The SMILES string of the molecule is Br.CC(C)C1NCCc2cc(O)ccc21. The standard InChI is InChI=1S/C12H17NO.BrH/c1-8(2)12-11-4-3-10(14)7-9(11)5-6-13-12;/h3-4,7-8,12-14H,5-6H2,1-2H3;1H. The first-order valence-electron chi connectivity index (χ1n) is 5.23. The molecule has 1 atom stereocenters. The summed E-state index contributed by atoms with van der Waals surface area (Å²) >= 11 is 0. The molecule has 0 bridgehead atoms. The number of halogens is 1. The highest BCUT2D eigenvalue weighted by Gasteiger charge is 2.22. The van der Waals surface area contributed by atoms with Gasteiger partial charge in [-0.1, -0.05) is 19.9 Å². The van der Waals surface area contributed by atoms with Gasteiger partial charge in [0, 0.05) is 6.04 Å². The van der Waals surface area contributed by atoms with Crippen molar-refractivity contribution in [1.29, 1.82) is 0 Å².